The Balaban J connectivity index is 3.41. The molecule has 0 radical (unpaired) electrons. The van der Waals surface area contributed by atoms with Gasteiger partial charge in [0, 0.05) is 26.7 Å². The number of hydrogen-bond acceptors (Lipinski definition) is 3. The molecule has 0 fully saturated rings. The first-order valence-corrected chi connectivity index (χ1v) is 5.51. The highest BCUT2D eigenvalue weighted by Gasteiger charge is 2.10. The molecular formula is C11H23NO3. The smallest absolute Gasteiger partial charge is 0.220 e. The van der Waals surface area contributed by atoms with Crippen LogP contribution in [0.5, 0.6) is 0 Å². The number of carbonyl (C=O) groups excluding carboxylic acids is 1. The summed E-state index contributed by atoms with van der Waals surface area (Å²) in [6.45, 7) is 4.90. The Labute approximate surface area is 92.0 Å². The van der Waals surface area contributed by atoms with Crippen LogP contribution in [0.4, 0.5) is 0 Å². The summed E-state index contributed by atoms with van der Waals surface area (Å²) in [6.07, 6.45) is 1.79. The van der Waals surface area contributed by atoms with Crippen molar-refractivity contribution in [2.24, 2.45) is 5.92 Å². The summed E-state index contributed by atoms with van der Waals surface area (Å²) in [6, 6.07) is 0. The van der Waals surface area contributed by atoms with Gasteiger partial charge in [0.05, 0.1) is 6.10 Å². The van der Waals surface area contributed by atoms with Crippen molar-refractivity contribution < 1.29 is 14.6 Å². The SMILES string of the molecule is COCCCCC(=O)NCC(O)C(C)C. The summed E-state index contributed by atoms with van der Waals surface area (Å²) < 4.78 is 4.88. The summed E-state index contributed by atoms with van der Waals surface area (Å²) in [4.78, 5) is 11.3. The van der Waals surface area contributed by atoms with Crippen molar-refractivity contribution in [3.05, 3.63) is 0 Å². The van der Waals surface area contributed by atoms with E-state index in [4.69, 9.17) is 4.74 Å². The molecule has 0 saturated carbocycles. The molecule has 90 valence electrons. The van der Waals surface area contributed by atoms with Crippen LogP contribution >= 0.6 is 0 Å². The number of aliphatic hydroxyl groups is 1. The molecule has 0 rings (SSSR count). The number of hydrogen-bond donors (Lipinski definition) is 2. The minimum absolute atomic E-state index is 0.00537. The van der Waals surface area contributed by atoms with E-state index in [0.29, 0.717) is 19.6 Å². The number of carbonyl (C=O) groups is 1. The summed E-state index contributed by atoms with van der Waals surface area (Å²) >= 11 is 0. The van der Waals surface area contributed by atoms with Gasteiger partial charge in [-0.25, -0.2) is 0 Å². The quantitative estimate of drug-likeness (QED) is 0.595. The predicted molar refractivity (Wildman–Crippen MR) is 59.6 cm³/mol. The molecule has 15 heavy (non-hydrogen) atoms. The molecule has 1 amide bonds. The number of aliphatic hydroxyl groups excluding tert-OH is 1. The van der Waals surface area contributed by atoms with Gasteiger partial charge < -0.3 is 15.2 Å². The second-order valence-corrected chi connectivity index (χ2v) is 4.07. The van der Waals surface area contributed by atoms with Crippen LogP contribution in [-0.4, -0.2) is 37.4 Å². The van der Waals surface area contributed by atoms with E-state index in [1.165, 1.54) is 0 Å². The molecular weight excluding hydrogens is 194 g/mol. The maximum Gasteiger partial charge on any atom is 0.220 e. The van der Waals surface area contributed by atoms with Crippen LogP contribution < -0.4 is 5.32 Å². The molecule has 4 nitrogen and oxygen atoms in total. The number of unbranched alkanes of at least 4 members (excludes halogenated alkanes) is 1. The van der Waals surface area contributed by atoms with Crippen molar-refractivity contribution >= 4 is 5.91 Å². The van der Waals surface area contributed by atoms with Gasteiger partial charge in [0.1, 0.15) is 0 Å². The second-order valence-electron chi connectivity index (χ2n) is 4.07. The van der Waals surface area contributed by atoms with Crippen LogP contribution in [-0.2, 0) is 9.53 Å². The molecule has 0 aromatic carbocycles. The monoisotopic (exact) mass is 217 g/mol. The van der Waals surface area contributed by atoms with E-state index in [-0.39, 0.29) is 11.8 Å². The summed E-state index contributed by atoms with van der Waals surface area (Å²) in [7, 11) is 1.65. The lowest BCUT2D eigenvalue weighted by molar-refractivity contribution is -0.121. The van der Waals surface area contributed by atoms with Crippen LogP contribution in [0.25, 0.3) is 0 Å². The van der Waals surface area contributed by atoms with E-state index in [9.17, 15) is 9.90 Å². The molecule has 0 aliphatic rings. The maximum atomic E-state index is 11.3. The largest absolute Gasteiger partial charge is 0.391 e. The lowest BCUT2D eigenvalue weighted by atomic mass is 10.1. The summed E-state index contributed by atoms with van der Waals surface area (Å²) in [5.74, 6) is 0.185. The zero-order valence-corrected chi connectivity index (χ0v) is 9.95. The second kappa shape index (κ2) is 8.68. The molecule has 1 unspecified atom stereocenters. The van der Waals surface area contributed by atoms with Crippen molar-refractivity contribution in [1.82, 2.24) is 5.32 Å². The normalized spacial score (nSPS) is 12.9. The van der Waals surface area contributed by atoms with E-state index in [1.807, 2.05) is 13.8 Å². The first kappa shape index (κ1) is 14.4. The highest BCUT2D eigenvalue weighted by atomic mass is 16.5. The zero-order chi connectivity index (χ0) is 11.7. The fourth-order valence-corrected chi connectivity index (χ4v) is 1.07. The van der Waals surface area contributed by atoms with Crippen LogP contribution in [0, 0.1) is 5.92 Å². The van der Waals surface area contributed by atoms with Gasteiger partial charge in [0.15, 0.2) is 0 Å². The maximum absolute atomic E-state index is 11.3. The molecule has 4 heteroatoms. The molecule has 0 aromatic heterocycles. The Bertz CT molecular complexity index is 171. The van der Waals surface area contributed by atoms with Gasteiger partial charge in [-0.2, -0.15) is 0 Å². The third-order valence-corrected chi connectivity index (χ3v) is 2.28. The molecule has 0 aliphatic heterocycles. The molecule has 1 atom stereocenters. The Morgan fingerprint density at radius 2 is 2.07 bits per heavy atom. The van der Waals surface area contributed by atoms with E-state index < -0.39 is 6.10 Å². The fourth-order valence-electron chi connectivity index (χ4n) is 1.07. The van der Waals surface area contributed by atoms with Crippen molar-refractivity contribution in [3.63, 3.8) is 0 Å². The number of amides is 1. The Hall–Kier alpha value is -0.610. The van der Waals surface area contributed by atoms with Gasteiger partial charge in [0.25, 0.3) is 0 Å². The van der Waals surface area contributed by atoms with Crippen molar-refractivity contribution in [2.45, 2.75) is 39.2 Å². The standard InChI is InChI=1S/C11H23NO3/c1-9(2)10(13)8-12-11(14)6-4-5-7-15-3/h9-10,13H,4-8H2,1-3H3,(H,12,14). The minimum Gasteiger partial charge on any atom is -0.391 e. The highest BCUT2D eigenvalue weighted by Crippen LogP contribution is 2.00. The van der Waals surface area contributed by atoms with Gasteiger partial charge in [-0.3, -0.25) is 4.79 Å². The number of methoxy groups -OCH3 is 1. The van der Waals surface area contributed by atoms with Crippen molar-refractivity contribution in [1.29, 1.82) is 0 Å². The molecule has 0 bridgehead atoms. The minimum atomic E-state index is -0.451. The summed E-state index contributed by atoms with van der Waals surface area (Å²) in [5.41, 5.74) is 0. The Morgan fingerprint density at radius 1 is 1.40 bits per heavy atom. The Morgan fingerprint density at radius 3 is 2.60 bits per heavy atom. The van der Waals surface area contributed by atoms with Gasteiger partial charge in [-0.15, -0.1) is 0 Å². The molecule has 0 aliphatic carbocycles. The first-order chi connectivity index (χ1) is 7.07. The zero-order valence-electron chi connectivity index (χ0n) is 9.95. The third kappa shape index (κ3) is 8.39. The van der Waals surface area contributed by atoms with Gasteiger partial charge >= 0.3 is 0 Å². The van der Waals surface area contributed by atoms with Gasteiger partial charge in [-0.1, -0.05) is 13.8 Å². The number of nitrogens with one attached hydrogen (secondary N) is 1. The van der Waals surface area contributed by atoms with E-state index in [0.717, 1.165) is 12.8 Å². The van der Waals surface area contributed by atoms with E-state index in [2.05, 4.69) is 5.32 Å². The molecule has 0 spiro atoms. The highest BCUT2D eigenvalue weighted by molar-refractivity contribution is 5.75. The summed E-state index contributed by atoms with van der Waals surface area (Å²) in [5, 5.41) is 12.2. The Kier molecular flexibility index (Phi) is 8.33. The lowest BCUT2D eigenvalue weighted by Crippen LogP contribution is -2.34. The van der Waals surface area contributed by atoms with Gasteiger partial charge in [-0.05, 0) is 18.8 Å². The average molecular weight is 217 g/mol. The van der Waals surface area contributed by atoms with E-state index >= 15 is 0 Å². The molecule has 0 heterocycles. The third-order valence-electron chi connectivity index (χ3n) is 2.28. The van der Waals surface area contributed by atoms with Crippen molar-refractivity contribution in [2.75, 3.05) is 20.3 Å². The average Bonchev–Trinajstić information content (AvgIpc) is 2.20. The molecule has 0 aromatic rings. The van der Waals surface area contributed by atoms with Crippen molar-refractivity contribution in [3.8, 4) is 0 Å². The van der Waals surface area contributed by atoms with Gasteiger partial charge in [0.2, 0.25) is 5.91 Å². The van der Waals surface area contributed by atoms with Crippen LogP contribution in [0.2, 0.25) is 0 Å². The first-order valence-electron chi connectivity index (χ1n) is 5.51. The molecule has 2 N–H and O–H groups in total. The topological polar surface area (TPSA) is 58.6 Å². The number of ether oxygens (including phenoxy) is 1. The fraction of sp³-hybridized carbons (Fsp3) is 0.909. The lowest BCUT2D eigenvalue weighted by Gasteiger charge is -2.14. The van der Waals surface area contributed by atoms with E-state index in [1.54, 1.807) is 7.11 Å². The molecule has 0 saturated heterocycles. The van der Waals surface area contributed by atoms with Crippen LogP contribution in [0.15, 0.2) is 0 Å². The van der Waals surface area contributed by atoms with Crippen LogP contribution in [0.1, 0.15) is 33.1 Å². The predicted octanol–water partition coefficient (Wildman–Crippen LogP) is 0.936. The van der Waals surface area contributed by atoms with Crippen LogP contribution in [0.3, 0.4) is 0 Å². The number of rotatable bonds is 8.